The average molecular weight is 424 g/mol. The first-order valence-electron chi connectivity index (χ1n) is 10.6. The van der Waals surface area contributed by atoms with Gasteiger partial charge in [0.1, 0.15) is 29.9 Å². The minimum absolute atomic E-state index is 0.0232. The molecule has 0 amide bonds. The van der Waals surface area contributed by atoms with E-state index in [0.717, 1.165) is 37.8 Å². The maximum Gasteiger partial charge on any atom is 0.135 e. The highest BCUT2D eigenvalue weighted by Gasteiger charge is 2.26. The standard InChI is InChI=1S/C24H28F4O2/c1-3-5-15-6-7-22(30-14-15)16-9-21(28)24(23(12-16)29-8-4-2)17-10-19(26)18(13-25)20(27)11-17/h9-12,15,22H,3-8,13-14H2,1-2H3/t15?,22-/m1/s1. The topological polar surface area (TPSA) is 18.5 Å². The van der Waals surface area contributed by atoms with E-state index in [-0.39, 0.29) is 23.0 Å². The predicted molar refractivity (Wildman–Crippen MR) is 109 cm³/mol. The molecule has 2 atom stereocenters. The van der Waals surface area contributed by atoms with Crippen LogP contribution in [0.5, 0.6) is 5.75 Å². The molecule has 1 aliphatic rings. The highest BCUT2D eigenvalue weighted by Crippen LogP contribution is 2.40. The fourth-order valence-electron chi connectivity index (χ4n) is 3.97. The van der Waals surface area contributed by atoms with Gasteiger partial charge in [0.15, 0.2) is 0 Å². The summed E-state index contributed by atoms with van der Waals surface area (Å²) in [5, 5.41) is 0. The van der Waals surface area contributed by atoms with Crippen molar-refractivity contribution >= 4 is 0 Å². The quantitative estimate of drug-likeness (QED) is 0.414. The summed E-state index contributed by atoms with van der Waals surface area (Å²) < 4.78 is 68.0. The Hall–Kier alpha value is -2.08. The summed E-state index contributed by atoms with van der Waals surface area (Å²) in [5.41, 5.74) is -0.0670. The van der Waals surface area contributed by atoms with Crippen LogP contribution in [0.15, 0.2) is 24.3 Å². The van der Waals surface area contributed by atoms with E-state index in [2.05, 4.69) is 6.92 Å². The van der Waals surface area contributed by atoms with Crippen molar-refractivity contribution in [2.24, 2.45) is 5.92 Å². The molecule has 2 aromatic rings. The largest absolute Gasteiger partial charge is 0.493 e. The number of hydrogen-bond donors (Lipinski definition) is 0. The lowest BCUT2D eigenvalue weighted by atomic mass is 9.90. The molecule has 2 nitrogen and oxygen atoms in total. The summed E-state index contributed by atoms with van der Waals surface area (Å²) in [6.45, 7) is 3.75. The Morgan fingerprint density at radius 2 is 1.70 bits per heavy atom. The molecule has 3 rings (SSSR count). The van der Waals surface area contributed by atoms with Crippen LogP contribution in [0.1, 0.15) is 63.2 Å². The molecular formula is C24H28F4O2. The molecule has 6 heteroatoms. The molecule has 1 fully saturated rings. The number of benzene rings is 2. The van der Waals surface area contributed by atoms with E-state index < -0.39 is 29.7 Å². The van der Waals surface area contributed by atoms with Gasteiger partial charge in [-0.25, -0.2) is 17.6 Å². The molecule has 0 aromatic heterocycles. The molecule has 0 spiro atoms. The van der Waals surface area contributed by atoms with Crippen LogP contribution in [0.4, 0.5) is 17.6 Å². The molecule has 1 saturated heterocycles. The van der Waals surface area contributed by atoms with Crippen LogP contribution in [0.2, 0.25) is 0 Å². The van der Waals surface area contributed by atoms with Gasteiger partial charge < -0.3 is 9.47 Å². The highest BCUT2D eigenvalue weighted by atomic mass is 19.1. The molecule has 1 unspecified atom stereocenters. The van der Waals surface area contributed by atoms with E-state index in [9.17, 15) is 13.2 Å². The Bertz CT molecular complexity index is 838. The Labute approximate surface area is 175 Å². The Kier molecular flexibility index (Phi) is 7.75. The fourth-order valence-corrected chi connectivity index (χ4v) is 3.97. The average Bonchev–Trinajstić information content (AvgIpc) is 2.72. The summed E-state index contributed by atoms with van der Waals surface area (Å²) in [4.78, 5) is 0. The van der Waals surface area contributed by atoms with Crippen molar-refractivity contribution in [2.45, 2.75) is 58.7 Å². The van der Waals surface area contributed by atoms with Crippen molar-refractivity contribution < 1.29 is 27.0 Å². The molecular weight excluding hydrogens is 396 g/mol. The van der Waals surface area contributed by atoms with Gasteiger partial charge in [0.25, 0.3) is 0 Å². The van der Waals surface area contributed by atoms with Gasteiger partial charge in [-0.05, 0) is 67.0 Å². The zero-order valence-corrected chi connectivity index (χ0v) is 17.4. The number of halogens is 4. The normalized spacial score (nSPS) is 19.1. The second kappa shape index (κ2) is 10.3. The van der Waals surface area contributed by atoms with E-state index >= 15 is 4.39 Å². The zero-order valence-electron chi connectivity index (χ0n) is 17.4. The molecule has 2 aromatic carbocycles. The zero-order chi connectivity index (χ0) is 21.7. The van der Waals surface area contributed by atoms with Crippen LogP contribution in [0.25, 0.3) is 11.1 Å². The lowest BCUT2D eigenvalue weighted by Crippen LogP contribution is -2.20. The monoisotopic (exact) mass is 424 g/mol. The van der Waals surface area contributed by atoms with Crippen molar-refractivity contribution in [3.8, 4) is 16.9 Å². The second-order valence-corrected chi connectivity index (χ2v) is 7.83. The third-order valence-electron chi connectivity index (χ3n) is 5.54. The van der Waals surface area contributed by atoms with Crippen molar-refractivity contribution in [1.82, 2.24) is 0 Å². The first kappa shape index (κ1) is 22.6. The predicted octanol–water partition coefficient (Wildman–Crippen LogP) is 7.30. The van der Waals surface area contributed by atoms with Crippen LogP contribution >= 0.6 is 0 Å². The van der Waals surface area contributed by atoms with E-state index in [4.69, 9.17) is 9.47 Å². The first-order valence-corrected chi connectivity index (χ1v) is 10.6. The summed E-state index contributed by atoms with van der Waals surface area (Å²) in [6, 6.07) is 4.93. The lowest BCUT2D eigenvalue weighted by Gasteiger charge is -2.29. The third kappa shape index (κ3) is 4.97. The molecule has 0 bridgehead atoms. The number of rotatable bonds is 8. The smallest absolute Gasteiger partial charge is 0.135 e. The highest BCUT2D eigenvalue weighted by molar-refractivity contribution is 5.72. The summed E-state index contributed by atoms with van der Waals surface area (Å²) in [7, 11) is 0. The van der Waals surface area contributed by atoms with E-state index in [1.165, 1.54) is 6.07 Å². The first-order chi connectivity index (χ1) is 14.5. The molecule has 1 heterocycles. The maximum atomic E-state index is 15.2. The molecule has 0 aliphatic carbocycles. The van der Waals surface area contributed by atoms with Crippen LogP contribution < -0.4 is 4.74 Å². The minimum Gasteiger partial charge on any atom is -0.493 e. The summed E-state index contributed by atoms with van der Waals surface area (Å²) in [6.07, 6.45) is 4.45. The molecule has 1 aliphatic heterocycles. The van der Waals surface area contributed by atoms with Gasteiger partial charge in [-0.15, -0.1) is 0 Å². The SMILES string of the molecule is CCCOc1cc([C@H]2CCC(CCC)CO2)cc(F)c1-c1cc(F)c(CF)c(F)c1. The number of alkyl halides is 1. The number of ether oxygens (including phenoxy) is 2. The summed E-state index contributed by atoms with van der Waals surface area (Å²) >= 11 is 0. The maximum absolute atomic E-state index is 15.2. The lowest BCUT2D eigenvalue weighted by molar-refractivity contribution is -0.0197. The van der Waals surface area contributed by atoms with Gasteiger partial charge in [-0.1, -0.05) is 20.3 Å². The number of hydrogen-bond acceptors (Lipinski definition) is 2. The Morgan fingerprint density at radius 3 is 2.27 bits per heavy atom. The molecule has 0 radical (unpaired) electrons. The van der Waals surface area contributed by atoms with Crippen molar-refractivity contribution in [3.05, 3.63) is 52.8 Å². The van der Waals surface area contributed by atoms with Crippen LogP contribution in [-0.4, -0.2) is 13.2 Å². The Balaban J connectivity index is 1.97. The van der Waals surface area contributed by atoms with Gasteiger partial charge >= 0.3 is 0 Å². The van der Waals surface area contributed by atoms with Crippen LogP contribution in [0.3, 0.4) is 0 Å². The van der Waals surface area contributed by atoms with E-state index in [1.54, 1.807) is 6.07 Å². The van der Waals surface area contributed by atoms with Gasteiger partial charge in [-0.2, -0.15) is 0 Å². The second-order valence-electron chi connectivity index (χ2n) is 7.83. The van der Waals surface area contributed by atoms with Gasteiger partial charge in [0.2, 0.25) is 0 Å². The summed E-state index contributed by atoms with van der Waals surface area (Å²) in [5.74, 6) is -2.02. The van der Waals surface area contributed by atoms with Crippen LogP contribution in [0, 0.1) is 23.4 Å². The molecule has 0 saturated carbocycles. The fraction of sp³-hybridized carbons (Fsp3) is 0.500. The minimum atomic E-state index is -1.27. The van der Waals surface area contributed by atoms with Crippen molar-refractivity contribution in [1.29, 1.82) is 0 Å². The molecule has 30 heavy (non-hydrogen) atoms. The van der Waals surface area contributed by atoms with Crippen LogP contribution in [-0.2, 0) is 11.4 Å². The van der Waals surface area contributed by atoms with Gasteiger partial charge in [-0.3, -0.25) is 0 Å². The molecule has 0 N–H and O–H groups in total. The van der Waals surface area contributed by atoms with E-state index in [1.807, 2.05) is 6.92 Å². The van der Waals surface area contributed by atoms with Gasteiger partial charge in [0.05, 0.1) is 30.4 Å². The van der Waals surface area contributed by atoms with Crippen molar-refractivity contribution in [2.75, 3.05) is 13.2 Å². The van der Waals surface area contributed by atoms with E-state index in [0.29, 0.717) is 31.1 Å². The third-order valence-corrected chi connectivity index (χ3v) is 5.54. The van der Waals surface area contributed by atoms with Crippen molar-refractivity contribution in [3.63, 3.8) is 0 Å². The molecule has 164 valence electrons. The Morgan fingerprint density at radius 1 is 0.967 bits per heavy atom. The van der Waals surface area contributed by atoms with Gasteiger partial charge in [0, 0.05) is 0 Å².